The van der Waals surface area contributed by atoms with Crippen LogP contribution in [0.5, 0.6) is 11.5 Å². The molecule has 0 radical (unpaired) electrons. The molecule has 10 nitrogen and oxygen atoms in total. The SMILES string of the molecule is CC(=O)O[C@H]1CCC2C(CC[C@H](C)[C@@]2(C)Cc2c(O)cc3c(c2O)CN(C(CCC(=O)O)C(=O)O)C3=O)C1(C)C. The van der Waals surface area contributed by atoms with E-state index in [1.807, 2.05) is 0 Å². The molecule has 0 aromatic heterocycles. The number of amides is 1. The van der Waals surface area contributed by atoms with Gasteiger partial charge in [0, 0.05) is 29.9 Å². The summed E-state index contributed by atoms with van der Waals surface area (Å²) in [6, 6.07) is -0.0640. The number of aromatic hydroxyl groups is 2. The van der Waals surface area contributed by atoms with Crippen LogP contribution in [-0.2, 0) is 32.1 Å². The van der Waals surface area contributed by atoms with Crippen LogP contribution in [0.4, 0.5) is 0 Å². The highest BCUT2D eigenvalue weighted by molar-refractivity contribution is 6.02. The molecule has 0 bridgehead atoms. The van der Waals surface area contributed by atoms with Gasteiger partial charge in [-0.15, -0.1) is 0 Å². The van der Waals surface area contributed by atoms with Crippen molar-refractivity contribution in [3.63, 3.8) is 0 Å². The lowest BCUT2D eigenvalue weighted by atomic mass is 9.47. The van der Waals surface area contributed by atoms with E-state index >= 15 is 0 Å². The third-order valence-electron chi connectivity index (χ3n) is 10.4. The molecule has 6 atom stereocenters. The molecule has 2 aliphatic carbocycles. The van der Waals surface area contributed by atoms with Crippen molar-refractivity contribution in [2.24, 2.45) is 28.6 Å². The van der Waals surface area contributed by atoms with E-state index in [1.165, 1.54) is 13.0 Å². The van der Waals surface area contributed by atoms with Crippen molar-refractivity contribution < 1.29 is 44.3 Å². The molecule has 1 aromatic rings. The third-order valence-corrected chi connectivity index (χ3v) is 10.4. The molecule has 40 heavy (non-hydrogen) atoms. The summed E-state index contributed by atoms with van der Waals surface area (Å²) in [5, 5.41) is 41.2. The first-order valence-corrected chi connectivity index (χ1v) is 14.1. The number of rotatable bonds is 8. The molecular formula is C30H41NO9. The van der Waals surface area contributed by atoms with Gasteiger partial charge < -0.3 is 30.1 Å². The summed E-state index contributed by atoms with van der Waals surface area (Å²) in [5.74, 6) is -3.08. The molecule has 220 valence electrons. The Morgan fingerprint density at radius 3 is 2.33 bits per heavy atom. The lowest BCUT2D eigenvalue weighted by Crippen LogP contribution is -2.55. The van der Waals surface area contributed by atoms with E-state index in [9.17, 15) is 34.5 Å². The molecular weight excluding hydrogens is 518 g/mol. The zero-order chi connectivity index (χ0) is 29.7. The number of carboxylic acids is 2. The summed E-state index contributed by atoms with van der Waals surface area (Å²) in [6.07, 6.45) is 3.00. The molecule has 0 spiro atoms. The first-order chi connectivity index (χ1) is 18.6. The Hall–Kier alpha value is -3.30. The maximum Gasteiger partial charge on any atom is 0.326 e. The fourth-order valence-corrected chi connectivity index (χ4v) is 7.83. The minimum absolute atomic E-state index is 0.0306. The Kier molecular flexibility index (Phi) is 7.86. The first kappa shape index (κ1) is 29.7. The van der Waals surface area contributed by atoms with Gasteiger partial charge in [0.1, 0.15) is 23.6 Å². The van der Waals surface area contributed by atoms with Crippen molar-refractivity contribution in [3.05, 3.63) is 22.8 Å². The van der Waals surface area contributed by atoms with Crippen molar-refractivity contribution in [3.8, 4) is 11.5 Å². The Balaban J connectivity index is 1.65. The molecule has 2 saturated carbocycles. The predicted octanol–water partition coefficient (Wildman–Crippen LogP) is 4.33. The standard InChI is InChI=1S/C30H41NO9/c1-15-6-7-20-21(8-10-24(29(20,3)4)40-16(2)32)30(15,5)13-18-23(33)12-17-19(26(18)36)14-31(27(17)37)22(28(38)39)9-11-25(34)35/h12,15,20-22,24,33,36H,6-11,13-14H2,1-5H3,(H,34,35)(H,38,39)/t15-,20?,21?,22?,24-,30+/m0/s1. The molecule has 2 fully saturated rings. The molecule has 0 saturated heterocycles. The van der Waals surface area contributed by atoms with Gasteiger partial charge in [-0.25, -0.2) is 4.79 Å². The summed E-state index contributed by atoms with van der Waals surface area (Å²) in [6.45, 7) is 9.94. The number of fused-ring (bicyclic) bond motifs is 2. The van der Waals surface area contributed by atoms with Crippen molar-refractivity contribution >= 4 is 23.8 Å². The number of esters is 1. The lowest BCUT2D eigenvalue weighted by Gasteiger charge is -2.59. The van der Waals surface area contributed by atoms with Crippen LogP contribution in [0.2, 0.25) is 0 Å². The number of hydrogen-bond acceptors (Lipinski definition) is 7. The molecule has 10 heteroatoms. The summed E-state index contributed by atoms with van der Waals surface area (Å²) in [4.78, 5) is 48.9. The highest BCUT2D eigenvalue weighted by Gasteiger charge is 2.56. The summed E-state index contributed by atoms with van der Waals surface area (Å²) >= 11 is 0. The number of phenolic OH excluding ortho intramolecular Hbond substituents is 2. The van der Waals surface area contributed by atoms with Crippen molar-refractivity contribution in [2.45, 2.75) is 98.3 Å². The number of carbonyl (C=O) groups excluding carboxylic acids is 2. The van der Waals surface area contributed by atoms with Crippen LogP contribution in [0.25, 0.3) is 0 Å². The average molecular weight is 560 g/mol. The molecule has 1 aromatic carbocycles. The largest absolute Gasteiger partial charge is 0.508 e. The lowest BCUT2D eigenvalue weighted by molar-refractivity contribution is -0.173. The Morgan fingerprint density at radius 2 is 1.73 bits per heavy atom. The Bertz CT molecular complexity index is 1220. The fraction of sp³-hybridized carbons (Fsp3) is 0.667. The van der Waals surface area contributed by atoms with Gasteiger partial charge in [-0.1, -0.05) is 27.7 Å². The molecule has 4 rings (SSSR count). The maximum absolute atomic E-state index is 13.1. The number of hydrogen-bond donors (Lipinski definition) is 4. The topological polar surface area (TPSA) is 162 Å². The van der Waals surface area contributed by atoms with Gasteiger partial charge in [-0.05, 0) is 67.8 Å². The van der Waals surface area contributed by atoms with E-state index in [-0.39, 0.29) is 76.2 Å². The monoisotopic (exact) mass is 559 g/mol. The Morgan fingerprint density at radius 1 is 1.07 bits per heavy atom. The zero-order valence-corrected chi connectivity index (χ0v) is 23.9. The molecule has 1 amide bonds. The van der Waals surface area contributed by atoms with Gasteiger partial charge >= 0.3 is 17.9 Å². The van der Waals surface area contributed by atoms with E-state index in [0.29, 0.717) is 12.0 Å². The van der Waals surface area contributed by atoms with Crippen LogP contribution in [0.3, 0.4) is 0 Å². The molecule has 4 N–H and O–H groups in total. The second-order valence-corrected chi connectivity index (χ2v) is 12.8. The number of nitrogens with zero attached hydrogens (tertiary/aromatic N) is 1. The second kappa shape index (κ2) is 10.6. The van der Waals surface area contributed by atoms with Gasteiger partial charge in [-0.2, -0.15) is 0 Å². The number of aliphatic carboxylic acids is 2. The predicted molar refractivity (Wildman–Crippen MR) is 144 cm³/mol. The molecule has 1 heterocycles. The first-order valence-electron chi connectivity index (χ1n) is 14.1. The maximum atomic E-state index is 13.1. The van der Waals surface area contributed by atoms with Gasteiger partial charge in [-0.3, -0.25) is 14.4 Å². The van der Waals surface area contributed by atoms with Gasteiger partial charge in [0.05, 0.1) is 12.1 Å². The van der Waals surface area contributed by atoms with Gasteiger partial charge in [0.15, 0.2) is 0 Å². The fourth-order valence-electron chi connectivity index (χ4n) is 7.83. The van der Waals surface area contributed by atoms with Crippen LogP contribution < -0.4 is 0 Å². The summed E-state index contributed by atoms with van der Waals surface area (Å²) < 4.78 is 5.71. The number of carbonyl (C=O) groups is 4. The Labute approximate surface area is 234 Å². The van der Waals surface area contributed by atoms with Crippen LogP contribution >= 0.6 is 0 Å². The van der Waals surface area contributed by atoms with E-state index < -0.39 is 30.3 Å². The minimum atomic E-state index is -1.37. The van der Waals surface area contributed by atoms with Gasteiger partial charge in [0.25, 0.3) is 5.91 Å². The van der Waals surface area contributed by atoms with Crippen molar-refractivity contribution in [2.75, 3.05) is 0 Å². The average Bonchev–Trinajstić information content (AvgIpc) is 3.16. The molecule has 3 unspecified atom stereocenters. The zero-order valence-electron chi connectivity index (χ0n) is 23.9. The number of ether oxygens (including phenoxy) is 1. The van der Waals surface area contributed by atoms with Crippen molar-refractivity contribution in [1.82, 2.24) is 4.90 Å². The summed E-state index contributed by atoms with van der Waals surface area (Å²) in [5.41, 5.74) is 0.0655. The van der Waals surface area contributed by atoms with Gasteiger partial charge in [0.2, 0.25) is 0 Å². The summed E-state index contributed by atoms with van der Waals surface area (Å²) in [7, 11) is 0. The van der Waals surface area contributed by atoms with Crippen LogP contribution in [0.15, 0.2) is 6.07 Å². The van der Waals surface area contributed by atoms with E-state index in [0.717, 1.165) is 30.6 Å². The molecule has 1 aliphatic heterocycles. The normalized spacial score (nSPS) is 29.8. The van der Waals surface area contributed by atoms with Crippen LogP contribution in [0.1, 0.15) is 94.6 Å². The minimum Gasteiger partial charge on any atom is -0.508 e. The number of phenols is 2. The second-order valence-electron chi connectivity index (χ2n) is 12.8. The van der Waals surface area contributed by atoms with Crippen LogP contribution in [0, 0.1) is 28.6 Å². The quantitative estimate of drug-likeness (QED) is 0.340. The highest BCUT2D eigenvalue weighted by Crippen LogP contribution is 2.61. The van der Waals surface area contributed by atoms with Crippen molar-refractivity contribution in [1.29, 1.82) is 0 Å². The highest BCUT2D eigenvalue weighted by atomic mass is 16.5. The number of carboxylic acid groups (broad SMARTS) is 2. The smallest absolute Gasteiger partial charge is 0.326 e. The number of benzene rings is 1. The van der Waals surface area contributed by atoms with E-state index in [1.54, 1.807) is 0 Å². The molecule has 3 aliphatic rings. The van der Waals surface area contributed by atoms with Crippen LogP contribution in [-0.4, -0.2) is 61.3 Å². The van der Waals surface area contributed by atoms with E-state index in [2.05, 4.69) is 27.7 Å². The third kappa shape index (κ3) is 5.01. The van der Waals surface area contributed by atoms with E-state index in [4.69, 9.17) is 9.84 Å².